The molecule has 0 aliphatic carbocycles. The van der Waals surface area contributed by atoms with Crippen molar-refractivity contribution in [1.29, 1.82) is 0 Å². The molecule has 0 amide bonds. The fraction of sp³-hybridized carbons (Fsp3) is 0. The number of hydrogen-bond acceptors (Lipinski definition) is 3. The van der Waals surface area contributed by atoms with Crippen LogP contribution in [0.3, 0.4) is 0 Å². The summed E-state index contributed by atoms with van der Waals surface area (Å²) in [5, 5.41) is 0. The predicted octanol–water partition coefficient (Wildman–Crippen LogP) is 3.08. The van der Waals surface area contributed by atoms with Gasteiger partial charge < -0.3 is 10.2 Å². The van der Waals surface area contributed by atoms with Crippen LogP contribution >= 0.6 is 0 Å². The number of nitrogens with zero attached hydrogens (tertiary/aromatic N) is 1. The zero-order chi connectivity index (χ0) is 11.0. The molecule has 2 heterocycles. The molecule has 3 nitrogen and oxygen atoms in total. The lowest BCUT2D eigenvalue weighted by atomic mass is 10.1. The fourth-order valence-electron chi connectivity index (χ4n) is 1.75. The van der Waals surface area contributed by atoms with E-state index in [0.29, 0.717) is 5.69 Å². The Hall–Kier alpha value is -2.29. The van der Waals surface area contributed by atoms with Crippen LogP contribution in [0.1, 0.15) is 0 Å². The molecular weight excluding hydrogens is 200 g/mol. The van der Waals surface area contributed by atoms with E-state index in [0.717, 1.165) is 22.2 Å². The molecule has 0 aliphatic heterocycles. The summed E-state index contributed by atoms with van der Waals surface area (Å²) in [5.41, 5.74) is 9.92. The van der Waals surface area contributed by atoms with Gasteiger partial charge in [0.15, 0.2) is 5.58 Å². The highest BCUT2D eigenvalue weighted by Crippen LogP contribution is 2.29. The van der Waals surface area contributed by atoms with Crippen LogP contribution in [0, 0.1) is 0 Å². The molecule has 2 N–H and O–H groups in total. The molecule has 16 heavy (non-hydrogen) atoms. The number of pyridine rings is 1. The normalized spacial score (nSPS) is 10.8. The molecule has 0 saturated carbocycles. The zero-order valence-corrected chi connectivity index (χ0v) is 8.55. The quantitative estimate of drug-likeness (QED) is 0.671. The highest BCUT2D eigenvalue weighted by atomic mass is 16.3. The first-order valence-corrected chi connectivity index (χ1v) is 5.03. The van der Waals surface area contributed by atoms with Crippen LogP contribution in [0.25, 0.3) is 22.2 Å². The first-order valence-electron chi connectivity index (χ1n) is 5.03. The third kappa shape index (κ3) is 1.34. The van der Waals surface area contributed by atoms with Crippen LogP contribution < -0.4 is 5.73 Å². The largest absolute Gasteiger partial charge is 0.462 e. The summed E-state index contributed by atoms with van der Waals surface area (Å²) in [6, 6.07) is 11.8. The molecule has 78 valence electrons. The molecule has 0 aliphatic rings. The SMILES string of the molecule is Nc1cnc2c(-c3ccccc3)coc2c1. The molecule has 3 aromatic rings. The lowest BCUT2D eigenvalue weighted by Gasteiger charge is -1.97. The highest BCUT2D eigenvalue weighted by Gasteiger charge is 2.08. The van der Waals surface area contributed by atoms with Crippen LogP contribution in [0.5, 0.6) is 0 Å². The summed E-state index contributed by atoms with van der Waals surface area (Å²) >= 11 is 0. The van der Waals surface area contributed by atoms with E-state index < -0.39 is 0 Å². The number of anilines is 1. The summed E-state index contributed by atoms with van der Waals surface area (Å²) in [6.45, 7) is 0. The molecule has 0 fully saturated rings. The highest BCUT2D eigenvalue weighted by molar-refractivity contribution is 5.91. The number of nitrogen functional groups attached to an aromatic ring is 1. The Morgan fingerprint density at radius 2 is 1.94 bits per heavy atom. The van der Waals surface area contributed by atoms with Crippen molar-refractivity contribution in [3.05, 3.63) is 48.9 Å². The standard InChI is InChI=1S/C13H10N2O/c14-10-6-12-13(15-7-10)11(8-16-12)9-4-2-1-3-5-9/h1-8H,14H2. The van der Waals surface area contributed by atoms with E-state index in [2.05, 4.69) is 4.98 Å². The summed E-state index contributed by atoms with van der Waals surface area (Å²) in [6.07, 6.45) is 3.36. The average molecular weight is 210 g/mol. The summed E-state index contributed by atoms with van der Waals surface area (Å²) in [5.74, 6) is 0. The molecule has 0 unspecified atom stereocenters. The molecule has 3 rings (SSSR count). The Labute approximate surface area is 92.5 Å². The summed E-state index contributed by atoms with van der Waals surface area (Å²) in [7, 11) is 0. The van der Waals surface area contributed by atoms with Crippen molar-refractivity contribution in [2.45, 2.75) is 0 Å². The first kappa shape index (κ1) is 8.97. The lowest BCUT2D eigenvalue weighted by Crippen LogP contribution is -1.85. The van der Waals surface area contributed by atoms with E-state index in [1.165, 1.54) is 0 Å². The second-order valence-electron chi connectivity index (χ2n) is 3.63. The Balaban J connectivity index is 2.26. The topological polar surface area (TPSA) is 52.0 Å². The van der Waals surface area contributed by atoms with Crippen LogP contribution in [0.4, 0.5) is 5.69 Å². The number of furan rings is 1. The smallest absolute Gasteiger partial charge is 0.155 e. The van der Waals surface area contributed by atoms with E-state index in [-0.39, 0.29) is 0 Å². The molecule has 0 saturated heterocycles. The molecule has 0 radical (unpaired) electrons. The second kappa shape index (κ2) is 3.38. The van der Waals surface area contributed by atoms with Gasteiger partial charge in [0.25, 0.3) is 0 Å². The second-order valence-corrected chi connectivity index (χ2v) is 3.63. The number of hydrogen-bond donors (Lipinski definition) is 1. The zero-order valence-electron chi connectivity index (χ0n) is 8.55. The Morgan fingerprint density at radius 3 is 2.75 bits per heavy atom. The Kier molecular flexibility index (Phi) is 1.90. The maximum atomic E-state index is 5.65. The molecule has 2 aromatic heterocycles. The van der Waals surface area contributed by atoms with Crippen molar-refractivity contribution in [1.82, 2.24) is 4.98 Å². The van der Waals surface area contributed by atoms with Crippen LogP contribution in [-0.2, 0) is 0 Å². The van der Waals surface area contributed by atoms with Crippen molar-refractivity contribution in [2.24, 2.45) is 0 Å². The van der Waals surface area contributed by atoms with Gasteiger partial charge in [-0.25, -0.2) is 0 Å². The Morgan fingerprint density at radius 1 is 1.12 bits per heavy atom. The van der Waals surface area contributed by atoms with Gasteiger partial charge in [-0.05, 0) is 5.56 Å². The van der Waals surface area contributed by atoms with E-state index in [1.54, 1.807) is 18.5 Å². The predicted molar refractivity (Wildman–Crippen MR) is 63.9 cm³/mol. The minimum absolute atomic E-state index is 0.612. The van der Waals surface area contributed by atoms with E-state index >= 15 is 0 Å². The van der Waals surface area contributed by atoms with Crippen molar-refractivity contribution in [2.75, 3.05) is 5.73 Å². The third-order valence-electron chi connectivity index (χ3n) is 2.52. The first-order chi connectivity index (χ1) is 7.84. The van der Waals surface area contributed by atoms with Gasteiger partial charge in [-0.3, -0.25) is 4.98 Å². The fourth-order valence-corrected chi connectivity index (χ4v) is 1.75. The van der Waals surface area contributed by atoms with Crippen LogP contribution in [-0.4, -0.2) is 4.98 Å². The van der Waals surface area contributed by atoms with Gasteiger partial charge in [0.1, 0.15) is 11.8 Å². The summed E-state index contributed by atoms with van der Waals surface area (Å²) in [4.78, 5) is 4.30. The summed E-state index contributed by atoms with van der Waals surface area (Å²) < 4.78 is 5.44. The van der Waals surface area contributed by atoms with Gasteiger partial charge in [0.05, 0.1) is 11.9 Å². The lowest BCUT2D eigenvalue weighted by molar-refractivity contribution is 0.616. The molecule has 0 spiro atoms. The monoisotopic (exact) mass is 210 g/mol. The van der Waals surface area contributed by atoms with Gasteiger partial charge in [-0.2, -0.15) is 0 Å². The van der Waals surface area contributed by atoms with Gasteiger partial charge in [0, 0.05) is 11.6 Å². The number of rotatable bonds is 1. The number of nitrogens with two attached hydrogens (primary N) is 1. The van der Waals surface area contributed by atoms with Gasteiger partial charge in [-0.15, -0.1) is 0 Å². The molecule has 0 bridgehead atoms. The van der Waals surface area contributed by atoms with Crippen molar-refractivity contribution in [3.8, 4) is 11.1 Å². The molecule has 0 atom stereocenters. The average Bonchev–Trinajstić information content (AvgIpc) is 2.73. The van der Waals surface area contributed by atoms with Crippen LogP contribution in [0.2, 0.25) is 0 Å². The van der Waals surface area contributed by atoms with E-state index in [1.807, 2.05) is 30.3 Å². The molecular formula is C13H10N2O. The van der Waals surface area contributed by atoms with Crippen LogP contribution in [0.15, 0.2) is 53.3 Å². The maximum Gasteiger partial charge on any atom is 0.155 e. The molecule has 1 aromatic carbocycles. The third-order valence-corrected chi connectivity index (χ3v) is 2.52. The minimum atomic E-state index is 0.612. The van der Waals surface area contributed by atoms with E-state index in [9.17, 15) is 0 Å². The van der Waals surface area contributed by atoms with Gasteiger partial charge >= 0.3 is 0 Å². The van der Waals surface area contributed by atoms with Crippen molar-refractivity contribution < 1.29 is 4.42 Å². The van der Waals surface area contributed by atoms with E-state index in [4.69, 9.17) is 10.2 Å². The minimum Gasteiger partial charge on any atom is -0.462 e. The van der Waals surface area contributed by atoms with Gasteiger partial charge in [-0.1, -0.05) is 30.3 Å². The maximum absolute atomic E-state index is 5.65. The number of aromatic nitrogens is 1. The van der Waals surface area contributed by atoms with Crippen molar-refractivity contribution >= 4 is 16.8 Å². The molecule has 3 heteroatoms. The number of fused-ring (bicyclic) bond motifs is 1. The Bertz CT molecular complexity index is 629. The van der Waals surface area contributed by atoms with Crippen molar-refractivity contribution in [3.63, 3.8) is 0 Å². The number of benzene rings is 1. The van der Waals surface area contributed by atoms with Gasteiger partial charge in [0.2, 0.25) is 0 Å².